The van der Waals surface area contributed by atoms with Gasteiger partial charge in [-0.15, -0.1) is 0 Å². The molecule has 80 valence electrons. The van der Waals surface area contributed by atoms with Crippen LogP contribution in [0.15, 0.2) is 38.0 Å². The van der Waals surface area contributed by atoms with Crippen molar-refractivity contribution >= 4 is 18.4 Å². The van der Waals surface area contributed by atoms with E-state index in [0.717, 1.165) is 0 Å². The molecule has 0 radical (unpaired) electrons. The molecule has 0 atom stereocenters. The molecule has 0 aliphatic heterocycles. The predicted molar refractivity (Wildman–Crippen MR) is 70.5 cm³/mol. The Kier molecular flexibility index (Phi) is 8.35. The molecular weight excluding hydrogens is 275 g/mol. The zero-order valence-corrected chi connectivity index (χ0v) is 12.5. The van der Waals surface area contributed by atoms with Crippen LogP contribution in [0.1, 0.15) is 19.8 Å². The first-order chi connectivity index (χ1) is 6.74. The second-order valence-corrected chi connectivity index (χ2v) is 17.6. The van der Waals surface area contributed by atoms with Crippen LogP contribution in [-0.4, -0.2) is 18.4 Å². The molecular formula is C13H24Sn. The first kappa shape index (κ1) is 14.0. The average Bonchev–Trinajstić information content (AvgIpc) is 2.16. The van der Waals surface area contributed by atoms with E-state index in [1.54, 1.807) is 0 Å². The average molecular weight is 299 g/mol. The Morgan fingerprint density at radius 2 is 1.36 bits per heavy atom. The number of hydrogen-bond donors (Lipinski definition) is 0. The van der Waals surface area contributed by atoms with Gasteiger partial charge in [-0.25, -0.2) is 0 Å². The van der Waals surface area contributed by atoms with E-state index in [0.29, 0.717) is 0 Å². The Hall–Kier alpha value is 0.0187. The molecule has 0 unspecified atom stereocenters. The SMILES string of the molecule is C=C[CH2][Sn]([CH2]C=C)([CH2]C=C)[CH2]CCC. The zero-order valence-electron chi connectivity index (χ0n) is 9.60. The van der Waals surface area contributed by atoms with Gasteiger partial charge >= 0.3 is 93.9 Å². The number of allylic oxidation sites excluding steroid dienone is 3. The number of rotatable bonds is 9. The Labute approximate surface area is 93.7 Å². The molecule has 0 saturated heterocycles. The van der Waals surface area contributed by atoms with Gasteiger partial charge in [0, 0.05) is 0 Å². The second-order valence-electron chi connectivity index (χ2n) is 4.08. The molecule has 0 N–H and O–H groups in total. The summed E-state index contributed by atoms with van der Waals surface area (Å²) < 4.78 is 5.32. The van der Waals surface area contributed by atoms with E-state index in [2.05, 4.69) is 44.9 Å². The molecule has 0 nitrogen and oxygen atoms in total. The molecule has 0 spiro atoms. The fourth-order valence-corrected chi connectivity index (χ4v) is 13.6. The summed E-state index contributed by atoms with van der Waals surface area (Å²) in [5.41, 5.74) is 0. The van der Waals surface area contributed by atoms with Crippen LogP contribution in [0.2, 0.25) is 17.7 Å². The summed E-state index contributed by atoms with van der Waals surface area (Å²) in [6, 6.07) is 0. The molecule has 1 heteroatoms. The molecule has 0 bridgehead atoms. The van der Waals surface area contributed by atoms with Gasteiger partial charge in [-0.2, -0.15) is 0 Å². The Morgan fingerprint density at radius 1 is 0.929 bits per heavy atom. The third-order valence-electron chi connectivity index (χ3n) is 2.79. The van der Waals surface area contributed by atoms with Crippen molar-refractivity contribution in [1.29, 1.82) is 0 Å². The minimum atomic E-state index is -1.95. The Bertz CT molecular complexity index is 155. The molecule has 0 saturated carbocycles. The van der Waals surface area contributed by atoms with Crippen LogP contribution < -0.4 is 0 Å². The predicted octanol–water partition coefficient (Wildman–Crippen LogP) is 4.79. The Morgan fingerprint density at radius 3 is 1.64 bits per heavy atom. The van der Waals surface area contributed by atoms with E-state index in [1.807, 2.05) is 0 Å². The molecule has 0 amide bonds. The van der Waals surface area contributed by atoms with Gasteiger partial charge in [0.2, 0.25) is 0 Å². The summed E-state index contributed by atoms with van der Waals surface area (Å²) in [6.45, 7) is 14.0. The molecule has 0 rings (SSSR count). The van der Waals surface area contributed by atoms with Gasteiger partial charge in [0.1, 0.15) is 0 Å². The van der Waals surface area contributed by atoms with Gasteiger partial charge in [-0.3, -0.25) is 0 Å². The van der Waals surface area contributed by atoms with Crippen LogP contribution in [0.25, 0.3) is 0 Å². The van der Waals surface area contributed by atoms with Crippen molar-refractivity contribution in [3.63, 3.8) is 0 Å². The van der Waals surface area contributed by atoms with E-state index in [1.165, 1.54) is 30.6 Å². The monoisotopic (exact) mass is 300 g/mol. The zero-order chi connectivity index (χ0) is 10.9. The molecule has 0 aromatic heterocycles. The van der Waals surface area contributed by atoms with Crippen LogP contribution in [-0.2, 0) is 0 Å². The Balaban J connectivity index is 4.43. The van der Waals surface area contributed by atoms with Crippen molar-refractivity contribution in [2.45, 2.75) is 37.5 Å². The summed E-state index contributed by atoms with van der Waals surface area (Å²) in [5.74, 6) is 0. The molecule has 0 heterocycles. The van der Waals surface area contributed by atoms with Gasteiger partial charge in [-0.05, 0) is 0 Å². The molecule has 0 aliphatic rings. The van der Waals surface area contributed by atoms with Crippen molar-refractivity contribution < 1.29 is 0 Å². The van der Waals surface area contributed by atoms with Gasteiger partial charge in [0.25, 0.3) is 0 Å². The van der Waals surface area contributed by atoms with Crippen molar-refractivity contribution in [3.8, 4) is 0 Å². The van der Waals surface area contributed by atoms with Crippen LogP contribution in [0, 0.1) is 0 Å². The van der Waals surface area contributed by atoms with E-state index in [4.69, 9.17) is 0 Å². The maximum atomic E-state index is 3.90. The molecule has 0 aliphatic carbocycles. The van der Waals surface area contributed by atoms with Crippen LogP contribution in [0.4, 0.5) is 0 Å². The first-order valence-electron chi connectivity index (χ1n) is 5.57. The molecule has 0 aromatic carbocycles. The van der Waals surface area contributed by atoms with E-state index < -0.39 is 18.4 Å². The summed E-state index contributed by atoms with van der Waals surface area (Å²) in [7, 11) is 0. The third kappa shape index (κ3) is 5.04. The maximum absolute atomic E-state index is 3.90. The third-order valence-corrected chi connectivity index (χ3v) is 16.7. The van der Waals surface area contributed by atoms with Crippen LogP contribution in [0.5, 0.6) is 0 Å². The number of unbranched alkanes of at least 4 members (excludes halogenated alkanes) is 1. The second kappa shape index (κ2) is 8.34. The summed E-state index contributed by atoms with van der Waals surface area (Å²) in [5, 5.41) is 0. The van der Waals surface area contributed by atoms with Gasteiger partial charge in [-0.1, -0.05) is 0 Å². The summed E-state index contributed by atoms with van der Waals surface area (Å²) in [4.78, 5) is 0. The standard InChI is InChI=1S/C4H9.3C3H5.Sn/c1-3-4-2;3*1-3-2;/h1,3-4H2,2H3;3*3H,1-2H2;. The summed E-state index contributed by atoms with van der Waals surface area (Å²) in [6.07, 6.45) is 9.06. The molecule has 14 heavy (non-hydrogen) atoms. The quantitative estimate of drug-likeness (QED) is 0.424. The van der Waals surface area contributed by atoms with Gasteiger partial charge in [0.15, 0.2) is 0 Å². The van der Waals surface area contributed by atoms with Crippen LogP contribution >= 0.6 is 0 Å². The van der Waals surface area contributed by atoms with Crippen molar-refractivity contribution in [2.24, 2.45) is 0 Å². The van der Waals surface area contributed by atoms with Gasteiger partial charge in [0.05, 0.1) is 0 Å². The first-order valence-corrected chi connectivity index (χ1v) is 13.6. The van der Waals surface area contributed by atoms with E-state index in [9.17, 15) is 0 Å². The van der Waals surface area contributed by atoms with Crippen molar-refractivity contribution in [3.05, 3.63) is 38.0 Å². The topological polar surface area (TPSA) is 0 Å². The molecule has 0 fully saturated rings. The fraction of sp³-hybridized carbons (Fsp3) is 0.538. The van der Waals surface area contributed by atoms with Crippen molar-refractivity contribution in [2.75, 3.05) is 0 Å². The fourth-order valence-electron chi connectivity index (χ4n) is 2.03. The normalized spacial score (nSPS) is 10.9. The van der Waals surface area contributed by atoms with Crippen molar-refractivity contribution in [1.82, 2.24) is 0 Å². The summed E-state index contributed by atoms with van der Waals surface area (Å²) >= 11 is -1.95. The van der Waals surface area contributed by atoms with Crippen LogP contribution in [0.3, 0.4) is 0 Å². The van der Waals surface area contributed by atoms with Gasteiger partial charge < -0.3 is 0 Å². The molecule has 0 aromatic rings. The minimum absolute atomic E-state index is 1.28. The van der Waals surface area contributed by atoms with E-state index >= 15 is 0 Å². The number of hydrogen-bond acceptors (Lipinski definition) is 0. The van der Waals surface area contributed by atoms with E-state index in [-0.39, 0.29) is 0 Å².